The molecular formula is C21H30N3O4S+. The maximum atomic E-state index is 13.0. The lowest BCUT2D eigenvalue weighted by Gasteiger charge is -2.33. The number of hydrogen-bond acceptors (Lipinski definition) is 4. The number of sulfonamides is 1. The largest absolute Gasteiger partial charge is 0.315 e. The van der Waals surface area contributed by atoms with E-state index in [9.17, 15) is 18.0 Å². The Morgan fingerprint density at radius 3 is 2.14 bits per heavy atom. The standard InChI is InChI=1S/C21H29N3O4S/c1-15-7-8-19(16(2)13-15)29(27,28)23-11-9-22(10-12-23)14-24-20(25)17-5-3-4-6-18(17)21(24)26/h7-8,13,17-18H,3-6,9-12,14H2,1-2H3/p+1/t17-,18-/m0/s1. The number of amides is 2. The average molecular weight is 421 g/mol. The molecule has 0 spiro atoms. The van der Waals surface area contributed by atoms with E-state index in [4.69, 9.17) is 0 Å². The first-order chi connectivity index (χ1) is 13.8. The number of quaternary nitrogens is 1. The van der Waals surface area contributed by atoms with Gasteiger partial charge in [-0.25, -0.2) is 13.3 Å². The molecule has 0 unspecified atom stereocenters. The van der Waals surface area contributed by atoms with Crippen molar-refractivity contribution in [3.05, 3.63) is 29.3 Å². The van der Waals surface area contributed by atoms with Crippen LogP contribution in [0.2, 0.25) is 0 Å². The second-order valence-corrected chi connectivity index (χ2v) is 10.6. The number of piperazine rings is 1. The number of benzene rings is 1. The lowest BCUT2D eigenvalue weighted by molar-refractivity contribution is -0.910. The molecule has 1 saturated carbocycles. The van der Waals surface area contributed by atoms with Crippen molar-refractivity contribution in [2.45, 2.75) is 44.4 Å². The van der Waals surface area contributed by atoms with Gasteiger partial charge in [-0.05, 0) is 38.3 Å². The van der Waals surface area contributed by atoms with E-state index in [1.165, 1.54) is 9.21 Å². The molecule has 3 fully saturated rings. The third-order valence-electron chi connectivity index (χ3n) is 6.69. The molecule has 1 aromatic carbocycles. The fourth-order valence-corrected chi connectivity index (χ4v) is 6.69. The van der Waals surface area contributed by atoms with Gasteiger partial charge < -0.3 is 4.90 Å². The third kappa shape index (κ3) is 3.73. The topological polar surface area (TPSA) is 79.2 Å². The number of fused-ring (bicyclic) bond motifs is 1. The summed E-state index contributed by atoms with van der Waals surface area (Å²) in [5, 5.41) is 0. The molecule has 2 heterocycles. The molecule has 2 amide bonds. The van der Waals surface area contributed by atoms with E-state index in [0.29, 0.717) is 37.7 Å². The average Bonchev–Trinajstić information content (AvgIpc) is 2.93. The summed E-state index contributed by atoms with van der Waals surface area (Å²) in [5.41, 5.74) is 1.80. The molecule has 0 radical (unpaired) electrons. The predicted octanol–water partition coefficient (Wildman–Crippen LogP) is 0.325. The summed E-state index contributed by atoms with van der Waals surface area (Å²) in [6, 6.07) is 5.40. The van der Waals surface area contributed by atoms with Gasteiger partial charge in [0.05, 0.1) is 42.9 Å². The van der Waals surface area contributed by atoms with Gasteiger partial charge in [-0.1, -0.05) is 30.5 Å². The quantitative estimate of drug-likeness (QED) is 0.712. The first-order valence-electron chi connectivity index (χ1n) is 10.6. The zero-order valence-electron chi connectivity index (χ0n) is 17.2. The maximum Gasteiger partial charge on any atom is 0.243 e. The fraction of sp³-hybridized carbons (Fsp3) is 0.619. The van der Waals surface area contributed by atoms with E-state index in [1.807, 2.05) is 26.0 Å². The van der Waals surface area contributed by atoms with Crippen LogP contribution in [-0.2, 0) is 19.6 Å². The molecule has 4 rings (SSSR count). The van der Waals surface area contributed by atoms with E-state index in [2.05, 4.69) is 0 Å². The maximum absolute atomic E-state index is 13.0. The molecule has 1 aromatic rings. The molecule has 0 bridgehead atoms. The van der Waals surface area contributed by atoms with Crippen molar-refractivity contribution >= 4 is 21.8 Å². The van der Waals surface area contributed by atoms with Crippen LogP contribution in [0.15, 0.2) is 23.1 Å². The van der Waals surface area contributed by atoms with Gasteiger partial charge in [0, 0.05) is 0 Å². The lowest BCUT2D eigenvalue weighted by Crippen LogP contribution is -3.16. The number of nitrogens with one attached hydrogen (secondary N) is 1. The molecule has 29 heavy (non-hydrogen) atoms. The van der Waals surface area contributed by atoms with Gasteiger partial charge in [0.1, 0.15) is 0 Å². The highest BCUT2D eigenvalue weighted by Crippen LogP contribution is 2.37. The minimum atomic E-state index is -3.53. The van der Waals surface area contributed by atoms with Crippen LogP contribution < -0.4 is 4.90 Å². The molecule has 1 N–H and O–H groups in total. The molecule has 1 aliphatic carbocycles. The Labute approximate surface area is 172 Å². The number of carbonyl (C=O) groups excluding carboxylic acids is 2. The third-order valence-corrected chi connectivity index (χ3v) is 8.75. The minimum absolute atomic E-state index is 0.0162. The van der Waals surface area contributed by atoms with Gasteiger partial charge in [-0.15, -0.1) is 0 Å². The van der Waals surface area contributed by atoms with Crippen molar-refractivity contribution in [1.29, 1.82) is 0 Å². The molecule has 7 nitrogen and oxygen atoms in total. The lowest BCUT2D eigenvalue weighted by atomic mass is 9.81. The summed E-state index contributed by atoms with van der Waals surface area (Å²) >= 11 is 0. The Bertz CT molecular complexity index is 898. The van der Waals surface area contributed by atoms with Crippen molar-refractivity contribution in [2.75, 3.05) is 32.8 Å². The number of rotatable bonds is 4. The van der Waals surface area contributed by atoms with Crippen molar-refractivity contribution < 1.29 is 22.9 Å². The zero-order chi connectivity index (χ0) is 20.8. The summed E-state index contributed by atoms with van der Waals surface area (Å²) in [6.07, 6.45) is 3.69. The van der Waals surface area contributed by atoms with Crippen LogP contribution >= 0.6 is 0 Å². The van der Waals surface area contributed by atoms with Crippen molar-refractivity contribution in [2.24, 2.45) is 11.8 Å². The summed E-state index contributed by atoms with van der Waals surface area (Å²) in [4.78, 5) is 28.3. The van der Waals surface area contributed by atoms with Gasteiger partial charge in [0.15, 0.2) is 6.67 Å². The predicted molar refractivity (Wildman–Crippen MR) is 108 cm³/mol. The van der Waals surface area contributed by atoms with Crippen LogP contribution in [0.25, 0.3) is 0 Å². The first-order valence-corrected chi connectivity index (χ1v) is 12.0. The minimum Gasteiger partial charge on any atom is -0.315 e. The molecule has 158 valence electrons. The highest BCUT2D eigenvalue weighted by Gasteiger charge is 2.49. The Kier molecular flexibility index (Phi) is 5.52. The number of hydrogen-bond donors (Lipinski definition) is 1. The Morgan fingerprint density at radius 1 is 1.00 bits per heavy atom. The zero-order valence-corrected chi connectivity index (χ0v) is 18.0. The van der Waals surface area contributed by atoms with E-state index < -0.39 is 10.0 Å². The van der Waals surface area contributed by atoms with Crippen LogP contribution in [0.1, 0.15) is 36.8 Å². The Balaban J connectivity index is 1.39. The Hall–Kier alpha value is -1.77. The number of likely N-dealkylation sites (tertiary alicyclic amines) is 1. The molecule has 2 aliphatic heterocycles. The van der Waals surface area contributed by atoms with Crippen molar-refractivity contribution in [1.82, 2.24) is 9.21 Å². The normalized spacial score (nSPS) is 26.8. The van der Waals surface area contributed by atoms with E-state index in [-0.39, 0.29) is 23.7 Å². The highest BCUT2D eigenvalue weighted by molar-refractivity contribution is 7.89. The van der Waals surface area contributed by atoms with Crippen LogP contribution in [-0.4, -0.2) is 62.3 Å². The molecule has 8 heteroatoms. The van der Waals surface area contributed by atoms with E-state index >= 15 is 0 Å². The van der Waals surface area contributed by atoms with Crippen LogP contribution in [0.5, 0.6) is 0 Å². The second-order valence-electron chi connectivity index (χ2n) is 8.68. The van der Waals surface area contributed by atoms with E-state index in [0.717, 1.165) is 41.7 Å². The summed E-state index contributed by atoms with van der Waals surface area (Å²) in [7, 11) is -3.53. The monoisotopic (exact) mass is 420 g/mol. The highest BCUT2D eigenvalue weighted by atomic mass is 32.2. The van der Waals surface area contributed by atoms with Gasteiger partial charge in [0.2, 0.25) is 21.8 Å². The summed E-state index contributed by atoms with van der Waals surface area (Å²) in [6.45, 7) is 6.12. The SMILES string of the molecule is Cc1ccc(S(=O)(=O)N2CC[NH+](CN3C(=O)[C@H]4CCCC[C@@H]4C3=O)CC2)c(C)c1. The van der Waals surface area contributed by atoms with Gasteiger partial charge in [-0.2, -0.15) is 4.31 Å². The molecule has 2 saturated heterocycles. The fourth-order valence-electron chi connectivity index (χ4n) is 5.04. The van der Waals surface area contributed by atoms with Gasteiger partial charge >= 0.3 is 0 Å². The van der Waals surface area contributed by atoms with Crippen molar-refractivity contribution in [3.8, 4) is 0 Å². The first kappa shape index (κ1) is 20.5. The Morgan fingerprint density at radius 2 is 1.59 bits per heavy atom. The summed E-state index contributed by atoms with van der Waals surface area (Å²) < 4.78 is 27.6. The van der Waals surface area contributed by atoms with Gasteiger partial charge in [0.25, 0.3) is 0 Å². The van der Waals surface area contributed by atoms with Crippen molar-refractivity contribution in [3.63, 3.8) is 0 Å². The number of imide groups is 1. The smallest absolute Gasteiger partial charge is 0.243 e. The number of carbonyl (C=O) groups is 2. The van der Waals surface area contributed by atoms with Crippen LogP contribution in [0.3, 0.4) is 0 Å². The number of nitrogens with zero attached hydrogens (tertiary/aromatic N) is 2. The van der Waals surface area contributed by atoms with Crippen LogP contribution in [0.4, 0.5) is 0 Å². The molecule has 0 aromatic heterocycles. The van der Waals surface area contributed by atoms with Crippen LogP contribution in [0, 0.1) is 25.7 Å². The molecular weight excluding hydrogens is 390 g/mol. The second kappa shape index (κ2) is 7.81. The molecule has 3 aliphatic rings. The summed E-state index contributed by atoms with van der Waals surface area (Å²) in [5.74, 6) is -0.279. The van der Waals surface area contributed by atoms with E-state index in [1.54, 1.807) is 6.07 Å². The molecule has 2 atom stereocenters. The van der Waals surface area contributed by atoms with Gasteiger partial charge in [-0.3, -0.25) is 9.59 Å². The number of aryl methyl sites for hydroxylation is 2.